The normalized spacial score (nSPS) is 10.0. The molecule has 5 nitrogen and oxygen atoms in total. The zero-order valence-corrected chi connectivity index (χ0v) is 9.69. The molecule has 0 bridgehead atoms. The molecule has 0 amide bonds. The Kier molecular flexibility index (Phi) is 5.03. The summed E-state index contributed by atoms with van der Waals surface area (Å²) in [5.41, 5.74) is -0.264. The lowest BCUT2D eigenvalue weighted by Gasteiger charge is -2.07. The van der Waals surface area contributed by atoms with E-state index in [0.717, 1.165) is 18.7 Å². The van der Waals surface area contributed by atoms with Crippen LogP contribution in [0.15, 0.2) is 11.1 Å². The fourth-order valence-corrected chi connectivity index (χ4v) is 1.56. The quantitative estimate of drug-likeness (QED) is 0.711. The number of anilines is 1. The third kappa shape index (κ3) is 3.47. The molecule has 0 radical (unpaired) electrons. The molecule has 0 aliphatic rings. The van der Waals surface area contributed by atoms with Crippen molar-refractivity contribution in [2.45, 2.75) is 6.42 Å². The van der Waals surface area contributed by atoms with Crippen molar-refractivity contribution in [1.82, 2.24) is 9.97 Å². The number of H-pyrrole nitrogens is 1. The number of rotatable bonds is 6. The molecule has 1 aromatic heterocycles. The average Bonchev–Trinajstić information content (AvgIpc) is 2.24. The molecule has 0 aliphatic heterocycles. The van der Waals surface area contributed by atoms with E-state index in [2.05, 4.69) is 21.5 Å². The number of aromatic nitrogens is 2. The number of nitrogens with one attached hydrogen (secondary N) is 2. The van der Waals surface area contributed by atoms with E-state index in [9.17, 15) is 4.79 Å². The van der Waals surface area contributed by atoms with Crippen LogP contribution >= 0.6 is 11.8 Å². The molecular weight excluding hydrogens is 214 g/mol. The number of nitrogens with zero attached hydrogens (tertiary/aromatic N) is 1. The van der Waals surface area contributed by atoms with E-state index in [0.29, 0.717) is 5.82 Å². The van der Waals surface area contributed by atoms with Crippen molar-refractivity contribution in [1.29, 1.82) is 0 Å². The maximum Gasteiger partial charge on any atom is 0.295 e. The van der Waals surface area contributed by atoms with Crippen molar-refractivity contribution in [3.63, 3.8) is 0 Å². The van der Waals surface area contributed by atoms with Crippen molar-refractivity contribution in [3.8, 4) is 5.75 Å². The summed E-state index contributed by atoms with van der Waals surface area (Å²) in [5.74, 6) is 1.82. The van der Waals surface area contributed by atoms with E-state index in [4.69, 9.17) is 4.74 Å². The highest BCUT2D eigenvalue weighted by atomic mass is 32.2. The topological polar surface area (TPSA) is 67.0 Å². The third-order valence-corrected chi connectivity index (χ3v) is 2.53. The number of hydrogen-bond donors (Lipinski definition) is 2. The van der Waals surface area contributed by atoms with Gasteiger partial charge in [-0.3, -0.25) is 4.79 Å². The van der Waals surface area contributed by atoms with Crippen molar-refractivity contribution < 1.29 is 4.74 Å². The Morgan fingerprint density at radius 2 is 2.47 bits per heavy atom. The fourth-order valence-electron chi connectivity index (χ4n) is 1.13. The summed E-state index contributed by atoms with van der Waals surface area (Å²) in [5, 5.41) is 3.07. The van der Waals surface area contributed by atoms with Crippen molar-refractivity contribution >= 4 is 17.6 Å². The van der Waals surface area contributed by atoms with Crippen LogP contribution in [0.3, 0.4) is 0 Å². The molecule has 0 atom stereocenters. The maximum atomic E-state index is 11.3. The molecule has 1 aromatic rings. The van der Waals surface area contributed by atoms with Gasteiger partial charge in [0.2, 0.25) is 5.75 Å². The van der Waals surface area contributed by atoms with Crippen LogP contribution in [-0.4, -0.2) is 35.6 Å². The van der Waals surface area contributed by atoms with E-state index >= 15 is 0 Å². The number of methoxy groups -OCH3 is 1. The average molecular weight is 229 g/mol. The van der Waals surface area contributed by atoms with Crippen LogP contribution in [0.1, 0.15) is 6.42 Å². The third-order valence-electron chi connectivity index (χ3n) is 1.83. The Bertz CT molecular complexity index is 353. The fraction of sp³-hybridized carbons (Fsp3) is 0.556. The molecule has 2 N–H and O–H groups in total. The lowest BCUT2D eigenvalue weighted by molar-refractivity contribution is 0.408. The van der Waals surface area contributed by atoms with Gasteiger partial charge in [-0.25, -0.2) is 4.98 Å². The highest BCUT2D eigenvalue weighted by molar-refractivity contribution is 7.98. The van der Waals surface area contributed by atoms with Gasteiger partial charge in [-0.15, -0.1) is 0 Å². The first-order valence-electron chi connectivity index (χ1n) is 4.64. The van der Waals surface area contributed by atoms with Crippen LogP contribution < -0.4 is 15.6 Å². The summed E-state index contributed by atoms with van der Waals surface area (Å²) < 4.78 is 4.96. The standard InChI is InChI=1S/C9H15N3O2S/c1-14-7-8(10-4-3-5-15-2)11-6-12-9(7)13/h6H,3-5H2,1-2H3,(H2,10,11,12,13). The Morgan fingerprint density at radius 1 is 1.67 bits per heavy atom. The smallest absolute Gasteiger partial charge is 0.295 e. The Balaban J connectivity index is 2.60. The molecule has 0 unspecified atom stereocenters. The van der Waals surface area contributed by atoms with Crippen molar-refractivity contribution in [2.75, 3.05) is 31.0 Å². The van der Waals surface area contributed by atoms with Gasteiger partial charge in [-0.05, 0) is 18.4 Å². The van der Waals surface area contributed by atoms with E-state index < -0.39 is 0 Å². The van der Waals surface area contributed by atoms with Gasteiger partial charge in [0.05, 0.1) is 13.4 Å². The maximum absolute atomic E-state index is 11.3. The van der Waals surface area contributed by atoms with Gasteiger partial charge in [0.1, 0.15) is 0 Å². The summed E-state index contributed by atoms with van der Waals surface area (Å²) in [4.78, 5) is 17.8. The van der Waals surface area contributed by atoms with Gasteiger partial charge >= 0.3 is 0 Å². The Labute approximate surface area is 92.6 Å². The number of aromatic amines is 1. The molecule has 1 rings (SSSR count). The highest BCUT2D eigenvalue weighted by Crippen LogP contribution is 2.13. The molecule has 0 aliphatic carbocycles. The van der Waals surface area contributed by atoms with E-state index in [1.54, 1.807) is 11.8 Å². The summed E-state index contributed by atoms with van der Waals surface area (Å²) >= 11 is 1.79. The van der Waals surface area contributed by atoms with Crippen LogP contribution in [0.2, 0.25) is 0 Å². The summed E-state index contributed by atoms with van der Waals surface area (Å²) in [7, 11) is 1.46. The molecule has 1 heterocycles. The molecule has 0 saturated heterocycles. The molecule has 0 fully saturated rings. The van der Waals surface area contributed by atoms with Crippen LogP contribution in [0.25, 0.3) is 0 Å². The first-order chi connectivity index (χ1) is 7.29. The van der Waals surface area contributed by atoms with Crippen LogP contribution in [0.4, 0.5) is 5.82 Å². The number of ether oxygens (including phenoxy) is 1. The predicted molar refractivity (Wildman–Crippen MR) is 62.9 cm³/mol. The van der Waals surface area contributed by atoms with Gasteiger partial charge in [0, 0.05) is 6.54 Å². The largest absolute Gasteiger partial charge is 0.489 e. The summed E-state index contributed by atoms with van der Waals surface area (Å²) in [6.45, 7) is 0.785. The minimum absolute atomic E-state index is 0.238. The van der Waals surface area contributed by atoms with E-state index in [1.807, 2.05) is 0 Å². The van der Waals surface area contributed by atoms with Gasteiger partial charge in [-0.1, -0.05) is 0 Å². The predicted octanol–water partition coefficient (Wildman–Crippen LogP) is 0.943. The van der Waals surface area contributed by atoms with E-state index in [-0.39, 0.29) is 11.3 Å². The van der Waals surface area contributed by atoms with Gasteiger partial charge in [0.25, 0.3) is 5.56 Å². The molecule has 0 aromatic carbocycles. The van der Waals surface area contributed by atoms with Crippen LogP contribution in [0.5, 0.6) is 5.75 Å². The number of thioether (sulfide) groups is 1. The van der Waals surface area contributed by atoms with Gasteiger partial charge in [0.15, 0.2) is 5.82 Å². The zero-order valence-electron chi connectivity index (χ0n) is 8.87. The molecule has 0 spiro atoms. The van der Waals surface area contributed by atoms with Crippen molar-refractivity contribution in [3.05, 3.63) is 16.7 Å². The molecule has 0 saturated carbocycles. The number of hydrogen-bond acceptors (Lipinski definition) is 5. The molecular formula is C9H15N3O2S. The molecule has 84 valence electrons. The van der Waals surface area contributed by atoms with Crippen LogP contribution in [0, 0.1) is 0 Å². The zero-order chi connectivity index (χ0) is 11.1. The SMILES string of the molecule is COc1c(NCCCSC)nc[nH]c1=O. The minimum Gasteiger partial charge on any atom is -0.489 e. The van der Waals surface area contributed by atoms with Crippen LogP contribution in [-0.2, 0) is 0 Å². The summed E-state index contributed by atoms with van der Waals surface area (Å²) in [6.07, 6.45) is 4.45. The van der Waals surface area contributed by atoms with Gasteiger partial charge < -0.3 is 15.0 Å². The van der Waals surface area contributed by atoms with Gasteiger partial charge in [-0.2, -0.15) is 11.8 Å². The second-order valence-electron chi connectivity index (χ2n) is 2.89. The lowest BCUT2D eigenvalue weighted by atomic mass is 10.4. The van der Waals surface area contributed by atoms with Crippen molar-refractivity contribution in [2.24, 2.45) is 0 Å². The monoisotopic (exact) mass is 229 g/mol. The first-order valence-corrected chi connectivity index (χ1v) is 6.03. The molecule has 6 heteroatoms. The second-order valence-corrected chi connectivity index (χ2v) is 3.87. The van der Waals surface area contributed by atoms with E-state index in [1.165, 1.54) is 13.4 Å². The Morgan fingerprint density at radius 3 is 3.13 bits per heavy atom. The first kappa shape index (κ1) is 11.9. The Hall–Kier alpha value is -1.17. The second kappa shape index (κ2) is 6.34. The summed E-state index contributed by atoms with van der Waals surface area (Å²) in [6, 6.07) is 0. The lowest BCUT2D eigenvalue weighted by Crippen LogP contribution is -2.14. The minimum atomic E-state index is -0.264. The molecule has 15 heavy (non-hydrogen) atoms. The highest BCUT2D eigenvalue weighted by Gasteiger charge is 2.07.